The number of hydrogen-bond donors (Lipinski definition) is 0. The second kappa shape index (κ2) is 5.45. The Kier molecular flexibility index (Phi) is 3.86. The lowest BCUT2D eigenvalue weighted by atomic mass is 9.86. The van der Waals surface area contributed by atoms with Gasteiger partial charge in [0.05, 0.1) is 10.9 Å². The zero-order valence-electron chi connectivity index (χ0n) is 11.3. The van der Waals surface area contributed by atoms with Gasteiger partial charge in [0.2, 0.25) is 5.91 Å². The number of halogens is 1. The average molecular weight is 298 g/mol. The van der Waals surface area contributed by atoms with Crippen LogP contribution in [0.5, 0.6) is 0 Å². The third-order valence-corrected chi connectivity index (χ3v) is 5.98. The molecule has 0 spiro atoms. The van der Waals surface area contributed by atoms with Crippen LogP contribution in [-0.4, -0.2) is 17.9 Å². The van der Waals surface area contributed by atoms with Gasteiger partial charge < -0.3 is 4.90 Å². The molecule has 19 heavy (non-hydrogen) atoms. The Morgan fingerprint density at radius 3 is 2.84 bits per heavy atom. The molecule has 0 aliphatic heterocycles. The third kappa shape index (κ3) is 2.97. The van der Waals surface area contributed by atoms with Crippen LogP contribution in [0.25, 0.3) is 0 Å². The van der Waals surface area contributed by atoms with E-state index in [4.69, 9.17) is 11.6 Å². The molecule has 2 aliphatic rings. The fourth-order valence-corrected chi connectivity index (χ4v) is 4.91. The van der Waals surface area contributed by atoms with Crippen molar-refractivity contribution in [2.24, 2.45) is 17.8 Å². The molecule has 2 bridgehead atoms. The van der Waals surface area contributed by atoms with Crippen molar-refractivity contribution in [3.8, 4) is 0 Å². The molecule has 1 aromatic rings. The topological polar surface area (TPSA) is 20.3 Å². The van der Waals surface area contributed by atoms with Crippen LogP contribution in [0.1, 0.15) is 37.0 Å². The number of carbonyl (C=O) groups is 1. The Labute approximate surface area is 123 Å². The molecule has 1 amide bonds. The van der Waals surface area contributed by atoms with Crippen LogP contribution in [0.2, 0.25) is 4.34 Å². The first-order chi connectivity index (χ1) is 9.11. The van der Waals surface area contributed by atoms with E-state index >= 15 is 0 Å². The molecule has 2 aliphatic carbocycles. The Morgan fingerprint density at radius 2 is 2.26 bits per heavy atom. The average Bonchev–Trinajstić information content (AvgIpc) is 3.06. The Balaban J connectivity index is 1.52. The second-order valence-corrected chi connectivity index (χ2v) is 7.89. The van der Waals surface area contributed by atoms with Crippen LogP contribution in [0.4, 0.5) is 0 Å². The van der Waals surface area contributed by atoms with Crippen molar-refractivity contribution < 1.29 is 4.79 Å². The summed E-state index contributed by atoms with van der Waals surface area (Å²) < 4.78 is 0.795. The predicted molar refractivity (Wildman–Crippen MR) is 79.4 cm³/mol. The highest BCUT2D eigenvalue weighted by Crippen LogP contribution is 2.49. The number of amides is 1. The van der Waals surface area contributed by atoms with Gasteiger partial charge in [-0.15, -0.1) is 11.3 Å². The number of hydrogen-bond acceptors (Lipinski definition) is 2. The number of nitrogens with zero attached hydrogens (tertiary/aromatic N) is 1. The first-order valence-electron chi connectivity index (χ1n) is 7.10. The maximum absolute atomic E-state index is 12.3. The van der Waals surface area contributed by atoms with E-state index in [1.54, 1.807) is 11.3 Å². The first kappa shape index (κ1) is 13.4. The summed E-state index contributed by atoms with van der Waals surface area (Å²) in [6.45, 7) is 0.692. The van der Waals surface area contributed by atoms with Crippen LogP contribution in [0.15, 0.2) is 12.1 Å². The van der Waals surface area contributed by atoms with Crippen molar-refractivity contribution in [1.82, 2.24) is 4.90 Å². The fraction of sp³-hybridized carbons (Fsp3) is 0.667. The predicted octanol–water partition coefficient (Wildman–Crippen LogP) is 4.19. The van der Waals surface area contributed by atoms with Gasteiger partial charge in [-0.2, -0.15) is 0 Å². The highest BCUT2D eigenvalue weighted by atomic mass is 35.5. The molecule has 0 saturated heterocycles. The molecule has 2 fully saturated rings. The van der Waals surface area contributed by atoms with Gasteiger partial charge in [-0.3, -0.25) is 4.79 Å². The number of fused-ring (bicyclic) bond motifs is 2. The quantitative estimate of drug-likeness (QED) is 0.816. The van der Waals surface area contributed by atoms with Gasteiger partial charge in [-0.1, -0.05) is 18.0 Å². The largest absolute Gasteiger partial charge is 0.341 e. The van der Waals surface area contributed by atoms with E-state index < -0.39 is 0 Å². The molecule has 0 radical (unpaired) electrons. The summed E-state index contributed by atoms with van der Waals surface area (Å²) in [6, 6.07) is 3.91. The monoisotopic (exact) mass is 297 g/mol. The maximum atomic E-state index is 12.3. The van der Waals surface area contributed by atoms with Crippen LogP contribution < -0.4 is 0 Å². The minimum absolute atomic E-state index is 0.294. The first-order valence-corrected chi connectivity index (χ1v) is 8.29. The SMILES string of the molecule is CN(Cc1ccc(Cl)s1)C(=O)CC1CC2CCC1C2. The van der Waals surface area contributed by atoms with Gasteiger partial charge in [0, 0.05) is 18.3 Å². The van der Waals surface area contributed by atoms with Crippen molar-refractivity contribution in [1.29, 1.82) is 0 Å². The maximum Gasteiger partial charge on any atom is 0.222 e. The molecule has 3 atom stereocenters. The van der Waals surface area contributed by atoms with Crippen molar-refractivity contribution in [2.45, 2.75) is 38.6 Å². The van der Waals surface area contributed by atoms with Crippen LogP contribution >= 0.6 is 22.9 Å². The Hall–Kier alpha value is -0.540. The normalized spacial score (nSPS) is 28.8. The van der Waals surface area contributed by atoms with E-state index in [1.807, 2.05) is 24.1 Å². The molecule has 0 N–H and O–H groups in total. The van der Waals surface area contributed by atoms with E-state index in [0.717, 1.165) is 27.5 Å². The molecule has 0 aromatic carbocycles. The smallest absolute Gasteiger partial charge is 0.222 e. The lowest BCUT2D eigenvalue weighted by Gasteiger charge is -2.24. The van der Waals surface area contributed by atoms with Crippen molar-refractivity contribution in [2.75, 3.05) is 7.05 Å². The second-order valence-electron chi connectivity index (χ2n) is 6.09. The lowest BCUT2D eigenvalue weighted by Crippen LogP contribution is -2.29. The van der Waals surface area contributed by atoms with Gasteiger partial charge >= 0.3 is 0 Å². The molecule has 4 heteroatoms. The molecule has 3 unspecified atom stereocenters. The summed E-state index contributed by atoms with van der Waals surface area (Å²) in [7, 11) is 1.91. The standard InChI is InChI=1S/C15H20ClNOS/c1-17(9-13-4-5-14(16)19-13)15(18)8-12-7-10-2-3-11(12)6-10/h4-5,10-12H,2-3,6-9H2,1H3. The van der Waals surface area contributed by atoms with Gasteiger partial charge in [0.25, 0.3) is 0 Å². The molecular formula is C15H20ClNOS. The zero-order valence-corrected chi connectivity index (χ0v) is 12.8. The van der Waals surface area contributed by atoms with Crippen LogP contribution in [-0.2, 0) is 11.3 Å². The van der Waals surface area contributed by atoms with Gasteiger partial charge in [0.1, 0.15) is 0 Å². The third-order valence-electron chi connectivity index (χ3n) is 4.77. The van der Waals surface area contributed by atoms with Crippen LogP contribution in [0, 0.1) is 17.8 Å². The number of carbonyl (C=O) groups excluding carboxylic acids is 1. The van der Waals surface area contributed by atoms with Crippen LogP contribution in [0.3, 0.4) is 0 Å². The summed E-state index contributed by atoms with van der Waals surface area (Å²) in [5, 5.41) is 0. The van der Waals surface area contributed by atoms with Crippen molar-refractivity contribution in [3.05, 3.63) is 21.3 Å². The minimum atomic E-state index is 0.294. The van der Waals surface area contributed by atoms with E-state index in [-0.39, 0.29) is 0 Å². The van der Waals surface area contributed by atoms with E-state index in [0.29, 0.717) is 18.4 Å². The highest BCUT2D eigenvalue weighted by Gasteiger charge is 2.40. The van der Waals surface area contributed by atoms with E-state index in [1.165, 1.54) is 25.7 Å². The number of thiophene rings is 1. The summed E-state index contributed by atoms with van der Waals surface area (Å²) in [5.74, 6) is 2.70. The Morgan fingerprint density at radius 1 is 1.42 bits per heavy atom. The van der Waals surface area contributed by atoms with E-state index in [9.17, 15) is 4.79 Å². The molecule has 2 nitrogen and oxygen atoms in total. The summed E-state index contributed by atoms with van der Waals surface area (Å²) in [6.07, 6.45) is 6.17. The summed E-state index contributed by atoms with van der Waals surface area (Å²) >= 11 is 7.48. The van der Waals surface area contributed by atoms with Gasteiger partial charge in [0.15, 0.2) is 0 Å². The van der Waals surface area contributed by atoms with E-state index in [2.05, 4.69) is 0 Å². The Bertz CT molecular complexity index is 472. The molecule has 104 valence electrons. The lowest BCUT2D eigenvalue weighted by molar-refractivity contribution is -0.131. The molecule has 1 heterocycles. The molecular weight excluding hydrogens is 278 g/mol. The summed E-state index contributed by atoms with van der Waals surface area (Å²) in [4.78, 5) is 15.3. The van der Waals surface area contributed by atoms with Gasteiger partial charge in [-0.05, 0) is 49.1 Å². The number of rotatable bonds is 4. The van der Waals surface area contributed by atoms with Crippen molar-refractivity contribution >= 4 is 28.8 Å². The summed E-state index contributed by atoms with van der Waals surface area (Å²) in [5.41, 5.74) is 0. The minimum Gasteiger partial charge on any atom is -0.341 e. The highest BCUT2D eigenvalue weighted by molar-refractivity contribution is 7.16. The molecule has 3 rings (SSSR count). The molecule has 1 aromatic heterocycles. The van der Waals surface area contributed by atoms with Crippen molar-refractivity contribution in [3.63, 3.8) is 0 Å². The zero-order chi connectivity index (χ0) is 13.4. The molecule has 2 saturated carbocycles. The van der Waals surface area contributed by atoms with Gasteiger partial charge in [-0.25, -0.2) is 0 Å². The fourth-order valence-electron chi connectivity index (χ4n) is 3.77.